The van der Waals surface area contributed by atoms with E-state index in [1.54, 1.807) is 0 Å². The van der Waals surface area contributed by atoms with Gasteiger partial charge >= 0.3 is 0 Å². The molecule has 19 heavy (non-hydrogen) atoms. The number of hydrogen-bond acceptors (Lipinski definition) is 2. The second-order valence-electron chi connectivity index (χ2n) is 5.65. The van der Waals surface area contributed by atoms with Crippen LogP contribution in [0.4, 0.5) is 0 Å². The molecular formula is C16H19N3. The summed E-state index contributed by atoms with van der Waals surface area (Å²) < 4.78 is 2.23. The largest absolute Gasteiger partial charge is 0.331 e. The van der Waals surface area contributed by atoms with E-state index in [1.165, 1.54) is 31.5 Å². The van der Waals surface area contributed by atoms with Crippen LogP contribution in [0.15, 0.2) is 18.2 Å². The molecule has 3 nitrogen and oxygen atoms in total. The van der Waals surface area contributed by atoms with Gasteiger partial charge in [0.25, 0.3) is 0 Å². The summed E-state index contributed by atoms with van der Waals surface area (Å²) in [4.78, 5) is 4.86. The molecule has 1 saturated carbocycles. The van der Waals surface area contributed by atoms with Crippen LogP contribution in [0.3, 0.4) is 0 Å². The van der Waals surface area contributed by atoms with E-state index >= 15 is 0 Å². The standard InChI is InChI=1S/C16H19N3/c1-3-16(8-4-5-9-16)15-18-13-10-12(11-17)6-7-14(13)19(15)2/h6-7,10H,3-5,8-9H2,1-2H3. The third-order valence-electron chi connectivity index (χ3n) is 4.72. The van der Waals surface area contributed by atoms with Gasteiger partial charge < -0.3 is 4.57 Å². The number of rotatable bonds is 2. The highest BCUT2D eigenvalue weighted by Gasteiger charge is 2.37. The van der Waals surface area contributed by atoms with Gasteiger partial charge in [-0.15, -0.1) is 0 Å². The molecule has 0 saturated heterocycles. The first-order valence-corrected chi connectivity index (χ1v) is 7.07. The van der Waals surface area contributed by atoms with Crippen molar-refractivity contribution in [3.8, 4) is 6.07 Å². The molecule has 1 aromatic carbocycles. The third kappa shape index (κ3) is 1.74. The molecule has 0 N–H and O–H groups in total. The maximum Gasteiger partial charge on any atom is 0.115 e. The Kier molecular flexibility index (Phi) is 2.82. The van der Waals surface area contributed by atoms with Gasteiger partial charge in [0, 0.05) is 12.5 Å². The molecule has 0 unspecified atom stereocenters. The summed E-state index contributed by atoms with van der Waals surface area (Å²) in [6.07, 6.45) is 6.24. The molecule has 0 radical (unpaired) electrons. The zero-order valence-corrected chi connectivity index (χ0v) is 11.6. The normalized spacial score (nSPS) is 17.7. The number of benzene rings is 1. The summed E-state index contributed by atoms with van der Waals surface area (Å²) in [6.45, 7) is 2.27. The topological polar surface area (TPSA) is 41.6 Å². The van der Waals surface area contributed by atoms with Crippen molar-refractivity contribution in [2.45, 2.75) is 44.4 Å². The number of aromatic nitrogens is 2. The Bertz CT molecular complexity index is 654. The van der Waals surface area contributed by atoms with E-state index in [2.05, 4.69) is 24.6 Å². The first kappa shape index (κ1) is 12.2. The van der Waals surface area contributed by atoms with E-state index in [4.69, 9.17) is 10.2 Å². The number of imidazole rings is 1. The molecule has 0 aliphatic heterocycles. The third-order valence-corrected chi connectivity index (χ3v) is 4.72. The lowest BCUT2D eigenvalue weighted by molar-refractivity contribution is 0.389. The maximum atomic E-state index is 9.00. The van der Waals surface area contributed by atoms with E-state index in [1.807, 2.05) is 18.2 Å². The second-order valence-corrected chi connectivity index (χ2v) is 5.65. The molecule has 1 heterocycles. The lowest BCUT2D eigenvalue weighted by Crippen LogP contribution is -2.25. The summed E-state index contributed by atoms with van der Waals surface area (Å²) in [5.41, 5.74) is 3.03. The van der Waals surface area contributed by atoms with Crippen LogP contribution in [0, 0.1) is 11.3 Å². The molecule has 1 fully saturated rings. The SMILES string of the molecule is CCC1(c2nc3cc(C#N)ccc3n2C)CCCC1. The summed E-state index contributed by atoms with van der Waals surface area (Å²) in [7, 11) is 2.10. The zero-order chi connectivity index (χ0) is 13.5. The Morgan fingerprint density at radius 3 is 2.74 bits per heavy atom. The van der Waals surface area contributed by atoms with Crippen LogP contribution < -0.4 is 0 Å². The van der Waals surface area contributed by atoms with Crippen LogP contribution in [0.25, 0.3) is 11.0 Å². The van der Waals surface area contributed by atoms with Crippen LogP contribution in [0.2, 0.25) is 0 Å². The van der Waals surface area contributed by atoms with E-state index in [0.717, 1.165) is 17.5 Å². The highest BCUT2D eigenvalue weighted by atomic mass is 15.1. The van der Waals surface area contributed by atoms with Gasteiger partial charge in [-0.1, -0.05) is 19.8 Å². The van der Waals surface area contributed by atoms with Crippen LogP contribution in [-0.2, 0) is 12.5 Å². The monoisotopic (exact) mass is 253 g/mol. The van der Waals surface area contributed by atoms with Gasteiger partial charge in [0.2, 0.25) is 0 Å². The van der Waals surface area contributed by atoms with Crippen LogP contribution in [0.1, 0.15) is 50.4 Å². The minimum absolute atomic E-state index is 0.251. The number of nitrogens with zero attached hydrogens (tertiary/aromatic N) is 3. The number of aryl methyl sites for hydroxylation is 1. The molecular weight excluding hydrogens is 234 g/mol. The van der Waals surface area contributed by atoms with Gasteiger partial charge in [0.1, 0.15) is 5.82 Å². The van der Waals surface area contributed by atoms with Gasteiger partial charge in [-0.05, 0) is 37.5 Å². The number of hydrogen-bond donors (Lipinski definition) is 0. The van der Waals surface area contributed by atoms with E-state index < -0.39 is 0 Å². The Morgan fingerprint density at radius 2 is 2.11 bits per heavy atom. The lowest BCUT2D eigenvalue weighted by Gasteiger charge is -2.26. The van der Waals surface area contributed by atoms with Crippen molar-refractivity contribution in [1.82, 2.24) is 9.55 Å². The molecule has 98 valence electrons. The van der Waals surface area contributed by atoms with Crippen molar-refractivity contribution in [2.24, 2.45) is 7.05 Å². The van der Waals surface area contributed by atoms with Gasteiger partial charge in [0.15, 0.2) is 0 Å². The molecule has 2 aromatic rings. The van der Waals surface area contributed by atoms with Crippen molar-refractivity contribution in [3.05, 3.63) is 29.6 Å². The van der Waals surface area contributed by atoms with Gasteiger partial charge in [-0.3, -0.25) is 0 Å². The van der Waals surface area contributed by atoms with Crippen molar-refractivity contribution in [3.63, 3.8) is 0 Å². The Labute approximate surface area is 113 Å². The Hall–Kier alpha value is -1.82. The maximum absolute atomic E-state index is 9.00. The lowest BCUT2D eigenvalue weighted by atomic mass is 9.82. The Morgan fingerprint density at radius 1 is 1.37 bits per heavy atom. The zero-order valence-electron chi connectivity index (χ0n) is 11.6. The van der Waals surface area contributed by atoms with E-state index in [0.29, 0.717) is 5.56 Å². The first-order chi connectivity index (χ1) is 9.20. The van der Waals surface area contributed by atoms with E-state index in [9.17, 15) is 0 Å². The number of fused-ring (bicyclic) bond motifs is 1. The fourth-order valence-electron chi connectivity index (χ4n) is 3.53. The number of nitriles is 1. The molecule has 3 rings (SSSR count). The molecule has 1 aromatic heterocycles. The predicted octanol–water partition coefficient (Wildman–Crippen LogP) is 3.67. The van der Waals surface area contributed by atoms with Crippen molar-refractivity contribution in [2.75, 3.05) is 0 Å². The van der Waals surface area contributed by atoms with Crippen LogP contribution >= 0.6 is 0 Å². The summed E-state index contributed by atoms with van der Waals surface area (Å²) in [6, 6.07) is 7.98. The predicted molar refractivity (Wildman–Crippen MR) is 75.9 cm³/mol. The molecule has 0 bridgehead atoms. The minimum atomic E-state index is 0.251. The van der Waals surface area contributed by atoms with Gasteiger partial charge in [0.05, 0.1) is 22.7 Å². The molecule has 0 atom stereocenters. The second kappa shape index (κ2) is 4.38. The Balaban J connectivity index is 2.19. The minimum Gasteiger partial charge on any atom is -0.331 e. The van der Waals surface area contributed by atoms with Crippen molar-refractivity contribution < 1.29 is 0 Å². The van der Waals surface area contributed by atoms with Crippen LogP contribution in [-0.4, -0.2) is 9.55 Å². The van der Waals surface area contributed by atoms with Gasteiger partial charge in [-0.25, -0.2) is 4.98 Å². The van der Waals surface area contributed by atoms with Crippen molar-refractivity contribution >= 4 is 11.0 Å². The first-order valence-electron chi connectivity index (χ1n) is 7.07. The highest BCUT2D eigenvalue weighted by molar-refractivity contribution is 5.78. The molecule has 3 heteroatoms. The summed E-state index contributed by atoms with van der Waals surface area (Å²) >= 11 is 0. The summed E-state index contributed by atoms with van der Waals surface area (Å²) in [5, 5.41) is 9.00. The quantitative estimate of drug-likeness (QED) is 0.819. The smallest absolute Gasteiger partial charge is 0.115 e. The highest BCUT2D eigenvalue weighted by Crippen LogP contribution is 2.43. The molecule has 1 aliphatic carbocycles. The summed E-state index contributed by atoms with van der Waals surface area (Å²) in [5.74, 6) is 1.21. The fourth-order valence-corrected chi connectivity index (χ4v) is 3.53. The van der Waals surface area contributed by atoms with Crippen molar-refractivity contribution in [1.29, 1.82) is 5.26 Å². The average molecular weight is 253 g/mol. The average Bonchev–Trinajstić information content (AvgIpc) is 3.04. The molecule has 0 amide bonds. The van der Waals surface area contributed by atoms with Crippen LogP contribution in [0.5, 0.6) is 0 Å². The fraction of sp³-hybridized carbons (Fsp3) is 0.500. The molecule has 1 aliphatic rings. The van der Waals surface area contributed by atoms with E-state index in [-0.39, 0.29) is 5.41 Å². The van der Waals surface area contributed by atoms with Gasteiger partial charge in [-0.2, -0.15) is 5.26 Å². The molecule has 0 spiro atoms.